The van der Waals surface area contributed by atoms with Crippen molar-refractivity contribution in [2.75, 3.05) is 19.0 Å². The third kappa shape index (κ3) is 3.00. The summed E-state index contributed by atoms with van der Waals surface area (Å²) < 4.78 is 10.9. The molecule has 4 nitrogen and oxygen atoms in total. The minimum Gasteiger partial charge on any atom is -0.465 e. The quantitative estimate of drug-likeness (QED) is 0.787. The molecule has 0 aliphatic carbocycles. The van der Waals surface area contributed by atoms with Crippen LogP contribution < -0.4 is 5.32 Å². The maximum atomic E-state index is 11.7. The average Bonchev–Trinajstić information content (AvgIpc) is 2.67. The zero-order valence-corrected chi connectivity index (χ0v) is 14.8. The van der Waals surface area contributed by atoms with Gasteiger partial charge < -0.3 is 14.8 Å². The highest BCUT2D eigenvalue weighted by Gasteiger charge is 2.39. The Kier molecular flexibility index (Phi) is 4.40. The lowest BCUT2D eigenvalue weighted by molar-refractivity contribution is -0.0381. The van der Waals surface area contributed by atoms with Crippen molar-refractivity contribution in [1.29, 1.82) is 0 Å². The standard InChI is InChI=1S/C20H20ClNO3/c1-24-20(23)13-6-4-12(5-7-13)18-15-3-2-10-25-19(15)16-11-14(21)8-9-17(16)22-18/h4-9,11,15,18-19,22H,2-3,10H2,1H3/t15-,18+,19+/m1/s1. The van der Waals surface area contributed by atoms with Crippen molar-refractivity contribution in [1.82, 2.24) is 0 Å². The second-order valence-electron chi connectivity index (χ2n) is 6.56. The fourth-order valence-electron chi connectivity index (χ4n) is 3.92. The van der Waals surface area contributed by atoms with E-state index in [-0.39, 0.29) is 18.1 Å². The molecule has 0 spiro atoms. The van der Waals surface area contributed by atoms with Gasteiger partial charge in [0.15, 0.2) is 0 Å². The van der Waals surface area contributed by atoms with Crippen molar-refractivity contribution in [3.8, 4) is 0 Å². The van der Waals surface area contributed by atoms with Crippen LogP contribution in [0.2, 0.25) is 5.02 Å². The Morgan fingerprint density at radius 3 is 2.80 bits per heavy atom. The molecule has 1 saturated heterocycles. The van der Waals surface area contributed by atoms with Gasteiger partial charge >= 0.3 is 5.97 Å². The highest BCUT2D eigenvalue weighted by atomic mass is 35.5. The first-order valence-corrected chi connectivity index (χ1v) is 8.91. The van der Waals surface area contributed by atoms with Crippen molar-refractivity contribution >= 4 is 23.3 Å². The molecule has 0 bridgehead atoms. The van der Waals surface area contributed by atoms with Gasteiger partial charge in [-0.3, -0.25) is 0 Å². The van der Waals surface area contributed by atoms with Crippen molar-refractivity contribution in [3.63, 3.8) is 0 Å². The molecule has 2 heterocycles. The largest absolute Gasteiger partial charge is 0.465 e. The van der Waals surface area contributed by atoms with Crippen LogP contribution in [0.25, 0.3) is 0 Å². The van der Waals surface area contributed by atoms with Gasteiger partial charge in [-0.05, 0) is 48.7 Å². The van der Waals surface area contributed by atoms with Crippen LogP contribution in [-0.4, -0.2) is 19.7 Å². The second-order valence-corrected chi connectivity index (χ2v) is 7.00. The smallest absolute Gasteiger partial charge is 0.337 e. The molecule has 0 saturated carbocycles. The molecule has 2 aromatic rings. The molecule has 25 heavy (non-hydrogen) atoms. The molecule has 0 radical (unpaired) electrons. The molecule has 2 aliphatic heterocycles. The first-order chi connectivity index (χ1) is 12.2. The number of anilines is 1. The monoisotopic (exact) mass is 357 g/mol. The Morgan fingerprint density at radius 1 is 1.24 bits per heavy atom. The summed E-state index contributed by atoms with van der Waals surface area (Å²) in [6.07, 6.45) is 2.19. The number of benzene rings is 2. The van der Waals surface area contributed by atoms with Crippen molar-refractivity contribution in [2.45, 2.75) is 25.0 Å². The van der Waals surface area contributed by atoms with Crippen molar-refractivity contribution < 1.29 is 14.3 Å². The second kappa shape index (κ2) is 6.70. The first-order valence-electron chi connectivity index (χ1n) is 8.53. The Bertz CT molecular complexity index is 790. The summed E-state index contributed by atoms with van der Waals surface area (Å²) in [5.41, 5.74) is 3.91. The van der Waals surface area contributed by atoms with E-state index in [2.05, 4.69) is 5.32 Å². The van der Waals surface area contributed by atoms with Crippen LogP contribution in [0.1, 0.15) is 46.5 Å². The number of halogens is 1. The first kappa shape index (κ1) is 16.4. The van der Waals surface area contributed by atoms with Crippen molar-refractivity contribution in [2.24, 2.45) is 5.92 Å². The van der Waals surface area contributed by atoms with Gasteiger partial charge in [0, 0.05) is 28.8 Å². The van der Waals surface area contributed by atoms with Crippen LogP contribution >= 0.6 is 11.6 Å². The van der Waals surface area contributed by atoms with Crippen LogP contribution in [0.15, 0.2) is 42.5 Å². The Hall–Kier alpha value is -2.04. The SMILES string of the molecule is COC(=O)c1ccc([C@@H]2Nc3ccc(Cl)cc3[C@H]3OCCC[C@@H]32)cc1. The fourth-order valence-corrected chi connectivity index (χ4v) is 4.10. The lowest BCUT2D eigenvalue weighted by atomic mass is 9.77. The number of hydrogen-bond donors (Lipinski definition) is 1. The van der Waals surface area contributed by atoms with Crippen LogP contribution in [-0.2, 0) is 9.47 Å². The molecular weight excluding hydrogens is 338 g/mol. The van der Waals surface area contributed by atoms with Gasteiger partial charge in [0.25, 0.3) is 0 Å². The number of hydrogen-bond acceptors (Lipinski definition) is 4. The van der Waals surface area contributed by atoms with Gasteiger partial charge in [-0.2, -0.15) is 0 Å². The summed E-state index contributed by atoms with van der Waals surface area (Å²) >= 11 is 6.19. The number of nitrogens with one attached hydrogen (secondary N) is 1. The number of esters is 1. The molecular formula is C20H20ClNO3. The maximum Gasteiger partial charge on any atom is 0.337 e. The topological polar surface area (TPSA) is 47.6 Å². The molecule has 4 rings (SSSR count). The molecule has 0 unspecified atom stereocenters. The minimum absolute atomic E-state index is 0.0500. The fraction of sp³-hybridized carbons (Fsp3) is 0.350. The third-order valence-corrected chi connectivity index (χ3v) is 5.35. The van der Waals surface area contributed by atoms with E-state index in [1.54, 1.807) is 0 Å². The number of carbonyl (C=O) groups excluding carboxylic acids is 1. The average molecular weight is 358 g/mol. The van der Waals surface area contributed by atoms with Gasteiger partial charge in [0.2, 0.25) is 0 Å². The number of fused-ring (bicyclic) bond motifs is 3. The van der Waals surface area contributed by atoms with Gasteiger partial charge in [0.1, 0.15) is 0 Å². The predicted molar refractivity (Wildman–Crippen MR) is 97.0 cm³/mol. The van der Waals surface area contributed by atoms with Gasteiger partial charge in [-0.1, -0.05) is 23.7 Å². The molecule has 1 N–H and O–H groups in total. The van der Waals surface area contributed by atoms with E-state index in [4.69, 9.17) is 21.1 Å². The van der Waals surface area contributed by atoms with E-state index in [9.17, 15) is 4.79 Å². The molecule has 2 aliphatic rings. The number of ether oxygens (including phenoxy) is 2. The molecule has 3 atom stereocenters. The Morgan fingerprint density at radius 2 is 2.04 bits per heavy atom. The van der Waals surface area contributed by atoms with Gasteiger partial charge in [-0.25, -0.2) is 4.79 Å². The van der Waals surface area contributed by atoms with E-state index in [1.165, 1.54) is 7.11 Å². The van der Waals surface area contributed by atoms with E-state index in [0.29, 0.717) is 11.5 Å². The molecule has 5 heteroatoms. The van der Waals surface area contributed by atoms with E-state index < -0.39 is 0 Å². The van der Waals surface area contributed by atoms with Crippen LogP contribution in [0.4, 0.5) is 5.69 Å². The Balaban J connectivity index is 1.69. The molecule has 2 aromatic carbocycles. The summed E-state index contributed by atoms with van der Waals surface area (Å²) in [6, 6.07) is 13.7. The van der Waals surface area contributed by atoms with E-state index in [1.807, 2.05) is 42.5 Å². The predicted octanol–water partition coefficient (Wildman–Crippen LogP) is 4.76. The normalized spacial score (nSPS) is 24.6. The lowest BCUT2D eigenvalue weighted by Gasteiger charge is -2.43. The lowest BCUT2D eigenvalue weighted by Crippen LogP contribution is -2.36. The zero-order valence-electron chi connectivity index (χ0n) is 14.0. The number of methoxy groups -OCH3 is 1. The molecule has 1 fully saturated rings. The number of rotatable bonds is 2. The van der Waals surface area contributed by atoms with Gasteiger partial charge in [-0.15, -0.1) is 0 Å². The van der Waals surface area contributed by atoms with Crippen molar-refractivity contribution in [3.05, 3.63) is 64.2 Å². The van der Waals surface area contributed by atoms with E-state index in [0.717, 1.165) is 41.3 Å². The summed E-state index contributed by atoms with van der Waals surface area (Å²) in [6.45, 7) is 0.779. The summed E-state index contributed by atoms with van der Waals surface area (Å²) in [5, 5.41) is 4.38. The van der Waals surface area contributed by atoms with Crippen LogP contribution in [0, 0.1) is 5.92 Å². The minimum atomic E-state index is -0.318. The van der Waals surface area contributed by atoms with Gasteiger partial charge in [0.05, 0.1) is 24.8 Å². The summed E-state index contributed by atoms with van der Waals surface area (Å²) in [4.78, 5) is 11.7. The third-order valence-electron chi connectivity index (χ3n) is 5.12. The van der Waals surface area contributed by atoms with E-state index >= 15 is 0 Å². The molecule has 0 amide bonds. The molecule has 0 aromatic heterocycles. The number of carbonyl (C=O) groups is 1. The summed E-state index contributed by atoms with van der Waals surface area (Å²) in [7, 11) is 1.39. The summed E-state index contributed by atoms with van der Waals surface area (Å²) in [5.74, 6) is 0.0192. The Labute approximate surface area is 152 Å². The van der Waals surface area contributed by atoms with Crippen LogP contribution in [0.3, 0.4) is 0 Å². The zero-order chi connectivity index (χ0) is 17.4. The highest BCUT2D eigenvalue weighted by molar-refractivity contribution is 6.30. The molecule has 130 valence electrons. The maximum absolute atomic E-state index is 11.7. The highest BCUT2D eigenvalue weighted by Crippen LogP contribution is 2.49. The van der Waals surface area contributed by atoms with Crippen LogP contribution in [0.5, 0.6) is 0 Å².